The van der Waals surface area contributed by atoms with Crippen LogP contribution in [0.2, 0.25) is 5.02 Å². The number of hydrogen-bond donors (Lipinski definition) is 2. The van der Waals surface area contributed by atoms with Crippen LogP contribution in [0.3, 0.4) is 0 Å². The minimum Gasteiger partial charge on any atom is -0.384 e. The summed E-state index contributed by atoms with van der Waals surface area (Å²) in [5.74, 6) is 4.97. The summed E-state index contributed by atoms with van der Waals surface area (Å²) < 4.78 is 3.72. The van der Waals surface area contributed by atoms with Crippen molar-refractivity contribution < 1.29 is 9.90 Å². The van der Waals surface area contributed by atoms with Crippen LogP contribution in [0.1, 0.15) is 20.9 Å². The Labute approximate surface area is 124 Å². The molecule has 0 fully saturated rings. The number of aryl methyl sites for hydroxylation is 1. The van der Waals surface area contributed by atoms with E-state index in [1.807, 2.05) is 0 Å². The van der Waals surface area contributed by atoms with E-state index in [9.17, 15) is 4.79 Å². The standard InChI is InChI=1S/C13H10ClN3O2S/c1-8-12(20-17-16-8)13(19)15-11-5-4-10(14)7-9(11)3-2-6-18/h4-5,7,18H,6H2,1H3,(H,15,19). The second kappa shape index (κ2) is 6.48. The van der Waals surface area contributed by atoms with E-state index >= 15 is 0 Å². The summed E-state index contributed by atoms with van der Waals surface area (Å²) in [6, 6.07) is 4.93. The molecule has 0 radical (unpaired) electrons. The number of nitrogens with zero attached hydrogens (tertiary/aromatic N) is 2. The number of halogens is 1. The summed E-state index contributed by atoms with van der Waals surface area (Å²) in [5, 5.41) is 15.8. The molecule has 0 aliphatic rings. The number of aliphatic hydroxyl groups is 1. The van der Waals surface area contributed by atoms with Crippen molar-refractivity contribution in [2.75, 3.05) is 11.9 Å². The molecule has 0 aliphatic heterocycles. The molecular weight excluding hydrogens is 298 g/mol. The van der Waals surface area contributed by atoms with Crippen molar-refractivity contribution in [3.8, 4) is 11.8 Å². The maximum atomic E-state index is 12.1. The topological polar surface area (TPSA) is 75.1 Å². The second-order valence-corrected chi connectivity index (χ2v) is 4.98. The first-order valence-corrected chi connectivity index (χ1v) is 6.76. The zero-order chi connectivity index (χ0) is 14.5. The first-order valence-electron chi connectivity index (χ1n) is 5.61. The van der Waals surface area contributed by atoms with Gasteiger partial charge in [-0.25, -0.2) is 0 Å². The third-order valence-corrected chi connectivity index (χ3v) is 3.45. The van der Waals surface area contributed by atoms with Crippen molar-refractivity contribution in [2.45, 2.75) is 6.92 Å². The van der Waals surface area contributed by atoms with Gasteiger partial charge in [0.05, 0.1) is 11.4 Å². The fraction of sp³-hybridized carbons (Fsp3) is 0.154. The molecule has 0 atom stereocenters. The van der Waals surface area contributed by atoms with Crippen molar-refractivity contribution in [1.29, 1.82) is 0 Å². The first kappa shape index (κ1) is 14.5. The molecule has 1 aromatic heterocycles. The predicted octanol–water partition coefficient (Wildman–Crippen LogP) is 2.10. The van der Waals surface area contributed by atoms with Crippen LogP contribution in [0, 0.1) is 18.8 Å². The van der Waals surface area contributed by atoms with Gasteiger partial charge >= 0.3 is 0 Å². The Morgan fingerprint density at radius 1 is 1.55 bits per heavy atom. The molecule has 0 aliphatic carbocycles. The smallest absolute Gasteiger partial charge is 0.269 e. The first-order chi connectivity index (χ1) is 9.61. The van der Waals surface area contributed by atoms with E-state index in [2.05, 4.69) is 26.7 Å². The number of aliphatic hydroxyl groups excluding tert-OH is 1. The number of carbonyl (C=O) groups is 1. The Kier molecular flexibility index (Phi) is 4.69. The molecule has 2 N–H and O–H groups in total. The molecule has 1 heterocycles. The summed E-state index contributed by atoms with van der Waals surface area (Å²) in [6.45, 7) is 1.45. The molecule has 1 aromatic carbocycles. The minimum atomic E-state index is -0.299. The van der Waals surface area contributed by atoms with Crippen molar-refractivity contribution in [2.24, 2.45) is 0 Å². The summed E-state index contributed by atoms with van der Waals surface area (Å²) >= 11 is 6.92. The molecular formula is C13H10ClN3O2S. The molecule has 0 bridgehead atoms. The Bertz CT molecular complexity index is 703. The number of amides is 1. The quantitative estimate of drug-likeness (QED) is 0.833. The van der Waals surface area contributed by atoms with Crippen molar-refractivity contribution >= 4 is 34.7 Å². The number of anilines is 1. The van der Waals surface area contributed by atoms with Gasteiger partial charge in [-0.15, -0.1) is 5.10 Å². The van der Waals surface area contributed by atoms with Crippen LogP contribution >= 0.6 is 23.1 Å². The van der Waals surface area contributed by atoms with Crippen molar-refractivity contribution in [3.63, 3.8) is 0 Å². The molecule has 102 valence electrons. The fourth-order valence-corrected chi connectivity index (χ4v) is 2.21. The predicted molar refractivity (Wildman–Crippen MR) is 78.0 cm³/mol. The van der Waals surface area contributed by atoms with E-state index in [1.54, 1.807) is 25.1 Å². The SMILES string of the molecule is Cc1nnsc1C(=O)Nc1ccc(Cl)cc1C#CCO. The van der Waals surface area contributed by atoms with Gasteiger partial charge in [0.2, 0.25) is 0 Å². The minimum absolute atomic E-state index is 0.266. The van der Waals surface area contributed by atoms with Gasteiger partial charge in [-0.05, 0) is 36.7 Å². The van der Waals surface area contributed by atoms with Crippen molar-refractivity contribution in [3.05, 3.63) is 39.4 Å². The van der Waals surface area contributed by atoms with Gasteiger partial charge in [0.1, 0.15) is 11.5 Å². The lowest BCUT2D eigenvalue weighted by Crippen LogP contribution is -2.12. The lowest BCUT2D eigenvalue weighted by Gasteiger charge is -2.07. The molecule has 0 unspecified atom stereocenters. The number of benzene rings is 1. The van der Waals surface area contributed by atoms with Gasteiger partial charge in [-0.1, -0.05) is 27.9 Å². The lowest BCUT2D eigenvalue weighted by atomic mass is 10.1. The van der Waals surface area contributed by atoms with E-state index in [4.69, 9.17) is 16.7 Å². The number of nitrogens with one attached hydrogen (secondary N) is 1. The summed E-state index contributed by atoms with van der Waals surface area (Å²) in [4.78, 5) is 12.5. The summed E-state index contributed by atoms with van der Waals surface area (Å²) in [6.07, 6.45) is 0. The van der Waals surface area contributed by atoms with Crippen LogP contribution in [0.15, 0.2) is 18.2 Å². The van der Waals surface area contributed by atoms with E-state index in [0.29, 0.717) is 26.8 Å². The molecule has 0 spiro atoms. The maximum Gasteiger partial charge on any atom is 0.269 e. The number of carbonyl (C=O) groups excluding carboxylic acids is 1. The summed E-state index contributed by atoms with van der Waals surface area (Å²) in [7, 11) is 0. The zero-order valence-corrected chi connectivity index (χ0v) is 12.0. The largest absolute Gasteiger partial charge is 0.384 e. The molecule has 20 heavy (non-hydrogen) atoms. The van der Waals surface area contributed by atoms with Gasteiger partial charge in [0, 0.05) is 10.6 Å². The van der Waals surface area contributed by atoms with Crippen LogP contribution in [0.25, 0.3) is 0 Å². The average Bonchev–Trinajstić information content (AvgIpc) is 2.85. The highest BCUT2D eigenvalue weighted by Crippen LogP contribution is 2.21. The fourth-order valence-electron chi connectivity index (χ4n) is 1.48. The average molecular weight is 308 g/mol. The summed E-state index contributed by atoms with van der Waals surface area (Å²) in [5.41, 5.74) is 1.63. The molecule has 2 aromatic rings. The highest BCUT2D eigenvalue weighted by atomic mass is 35.5. The van der Waals surface area contributed by atoms with E-state index in [0.717, 1.165) is 11.5 Å². The highest BCUT2D eigenvalue weighted by molar-refractivity contribution is 7.08. The van der Waals surface area contributed by atoms with E-state index in [-0.39, 0.29) is 12.5 Å². The monoisotopic (exact) mass is 307 g/mol. The van der Waals surface area contributed by atoms with Crippen LogP contribution < -0.4 is 5.32 Å². The molecule has 2 rings (SSSR count). The second-order valence-electron chi connectivity index (χ2n) is 3.79. The number of aromatic nitrogens is 2. The Hall–Kier alpha value is -1.94. The van der Waals surface area contributed by atoms with Crippen LogP contribution in [-0.2, 0) is 0 Å². The molecule has 5 nitrogen and oxygen atoms in total. The molecule has 0 saturated carbocycles. The number of hydrogen-bond acceptors (Lipinski definition) is 5. The van der Waals surface area contributed by atoms with Crippen LogP contribution in [-0.4, -0.2) is 27.2 Å². The van der Waals surface area contributed by atoms with Gasteiger partial charge in [0.15, 0.2) is 0 Å². The Balaban J connectivity index is 2.29. The van der Waals surface area contributed by atoms with Gasteiger partial charge in [-0.2, -0.15) is 0 Å². The normalized spacial score (nSPS) is 9.75. The highest BCUT2D eigenvalue weighted by Gasteiger charge is 2.14. The molecule has 7 heteroatoms. The third-order valence-electron chi connectivity index (χ3n) is 2.39. The van der Waals surface area contributed by atoms with Crippen molar-refractivity contribution in [1.82, 2.24) is 9.59 Å². The van der Waals surface area contributed by atoms with E-state index < -0.39 is 0 Å². The zero-order valence-electron chi connectivity index (χ0n) is 10.5. The molecule has 0 saturated heterocycles. The Morgan fingerprint density at radius 2 is 2.35 bits per heavy atom. The third kappa shape index (κ3) is 3.33. The Morgan fingerprint density at radius 3 is 3.00 bits per heavy atom. The number of rotatable bonds is 2. The van der Waals surface area contributed by atoms with E-state index in [1.165, 1.54) is 0 Å². The van der Waals surface area contributed by atoms with Gasteiger partial charge in [0.25, 0.3) is 5.91 Å². The lowest BCUT2D eigenvalue weighted by molar-refractivity contribution is 0.103. The van der Waals surface area contributed by atoms with Gasteiger partial charge in [-0.3, -0.25) is 4.79 Å². The molecule has 1 amide bonds. The van der Waals surface area contributed by atoms with Crippen LogP contribution in [0.4, 0.5) is 5.69 Å². The van der Waals surface area contributed by atoms with Gasteiger partial charge < -0.3 is 10.4 Å². The maximum absolute atomic E-state index is 12.1. The van der Waals surface area contributed by atoms with Crippen LogP contribution in [0.5, 0.6) is 0 Å².